The predicted octanol–water partition coefficient (Wildman–Crippen LogP) is 6.05. The maximum atomic E-state index is 12.3. The number of carbonyl (C=O) groups excluding carboxylic acids is 1. The number of hydrogen-bond acceptors (Lipinski definition) is 2. The second-order valence-corrected chi connectivity index (χ2v) is 9.42. The third-order valence-corrected chi connectivity index (χ3v) is 5.87. The van der Waals surface area contributed by atoms with Crippen LogP contribution in [0.15, 0.2) is 53.6 Å². The Labute approximate surface area is 189 Å². The van der Waals surface area contributed by atoms with Gasteiger partial charge in [0.05, 0.1) is 12.6 Å². The van der Waals surface area contributed by atoms with Crippen LogP contribution in [-0.4, -0.2) is 16.7 Å². The molecule has 0 aliphatic rings. The number of carbonyl (C=O) groups is 1. The van der Waals surface area contributed by atoms with Gasteiger partial charge in [-0.25, -0.2) is 5.43 Å². The fraction of sp³-hybridized carbons (Fsp3) is 0.308. The summed E-state index contributed by atoms with van der Waals surface area (Å²) in [4.78, 5) is 12.3. The Hall–Kier alpha value is -2.85. The number of halogens is 1. The van der Waals surface area contributed by atoms with Gasteiger partial charge in [0.1, 0.15) is 0 Å². The molecule has 1 amide bonds. The van der Waals surface area contributed by atoms with Crippen LogP contribution in [0.5, 0.6) is 0 Å². The number of nitrogens with one attached hydrogen (secondary N) is 1. The minimum atomic E-state index is -0.140. The van der Waals surface area contributed by atoms with E-state index in [0.29, 0.717) is 6.42 Å². The second kappa shape index (κ2) is 9.11. The van der Waals surface area contributed by atoms with E-state index in [-0.39, 0.29) is 11.3 Å². The van der Waals surface area contributed by atoms with Gasteiger partial charge in [0, 0.05) is 27.7 Å². The second-order valence-electron chi connectivity index (χ2n) is 9.01. The smallest absolute Gasteiger partial charge is 0.244 e. The number of hydrogen-bond donors (Lipinski definition) is 1. The van der Waals surface area contributed by atoms with Gasteiger partial charge in [-0.05, 0) is 61.1 Å². The zero-order valence-corrected chi connectivity index (χ0v) is 19.8. The van der Waals surface area contributed by atoms with E-state index >= 15 is 0 Å². The molecule has 0 aliphatic carbocycles. The Morgan fingerprint density at radius 3 is 2.35 bits per heavy atom. The minimum absolute atomic E-state index is 0.0986. The number of nitrogens with zero attached hydrogens (tertiary/aromatic N) is 2. The van der Waals surface area contributed by atoms with Crippen molar-refractivity contribution in [2.75, 3.05) is 0 Å². The van der Waals surface area contributed by atoms with Crippen LogP contribution in [0.3, 0.4) is 0 Å². The minimum Gasteiger partial charge on any atom is -0.318 e. The molecule has 31 heavy (non-hydrogen) atoms. The van der Waals surface area contributed by atoms with Gasteiger partial charge in [-0.1, -0.05) is 62.7 Å². The van der Waals surface area contributed by atoms with Crippen molar-refractivity contribution >= 4 is 23.7 Å². The summed E-state index contributed by atoms with van der Waals surface area (Å²) in [6.45, 7) is 12.6. The Morgan fingerprint density at radius 2 is 1.74 bits per heavy atom. The molecule has 162 valence electrons. The van der Waals surface area contributed by atoms with E-state index in [9.17, 15) is 4.79 Å². The number of rotatable bonds is 5. The highest BCUT2D eigenvalue weighted by molar-refractivity contribution is 6.31. The molecular formula is C26H30ClN3O. The van der Waals surface area contributed by atoms with Crippen molar-refractivity contribution in [3.05, 3.63) is 87.2 Å². The number of benzene rings is 2. The molecule has 3 aromatic rings. The lowest BCUT2D eigenvalue weighted by Crippen LogP contribution is -2.20. The maximum Gasteiger partial charge on any atom is 0.244 e. The first-order chi connectivity index (χ1) is 14.6. The summed E-state index contributed by atoms with van der Waals surface area (Å²) < 4.78 is 2.13. The van der Waals surface area contributed by atoms with Crippen LogP contribution in [0.1, 0.15) is 54.4 Å². The molecule has 0 atom stereocenters. The largest absolute Gasteiger partial charge is 0.318 e. The highest BCUT2D eigenvalue weighted by Crippen LogP contribution is 2.24. The lowest BCUT2D eigenvalue weighted by Gasteiger charge is -2.19. The molecule has 1 N–H and O–H groups in total. The lowest BCUT2D eigenvalue weighted by molar-refractivity contribution is -0.120. The zero-order chi connectivity index (χ0) is 22.8. The molecule has 0 aliphatic heterocycles. The van der Waals surface area contributed by atoms with E-state index < -0.39 is 0 Å². The summed E-state index contributed by atoms with van der Waals surface area (Å²) in [5, 5.41) is 4.91. The molecule has 1 aromatic heterocycles. The third kappa shape index (κ3) is 5.45. The van der Waals surface area contributed by atoms with Gasteiger partial charge >= 0.3 is 0 Å². The zero-order valence-electron chi connectivity index (χ0n) is 19.1. The van der Waals surface area contributed by atoms with E-state index in [1.54, 1.807) is 6.21 Å². The molecule has 3 rings (SSSR count). The normalized spacial score (nSPS) is 11.8. The Kier molecular flexibility index (Phi) is 6.71. The van der Waals surface area contributed by atoms with Crippen LogP contribution < -0.4 is 5.43 Å². The van der Waals surface area contributed by atoms with Crippen LogP contribution in [0.2, 0.25) is 5.02 Å². The van der Waals surface area contributed by atoms with Gasteiger partial charge in [0.15, 0.2) is 0 Å². The fourth-order valence-corrected chi connectivity index (χ4v) is 3.73. The molecular weight excluding hydrogens is 406 g/mol. The molecule has 1 heterocycles. The van der Waals surface area contributed by atoms with Crippen molar-refractivity contribution in [1.82, 2.24) is 9.99 Å². The number of aromatic nitrogens is 1. The summed E-state index contributed by atoms with van der Waals surface area (Å²) in [5.74, 6) is -0.140. The summed E-state index contributed by atoms with van der Waals surface area (Å²) >= 11 is 6.30. The molecule has 2 aromatic carbocycles. The molecule has 0 unspecified atom stereocenters. The van der Waals surface area contributed by atoms with Crippen LogP contribution in [0, 0.1) is 20.8 Å². The van der Waals surface area contributed by atoms with Crippen molar-refractivity contribution in [2.45, 2.75) is 53.4 Å². The Bertz CT molecular complexity index is 1120. The topological polar surface area (TPSA) is 46.4 Å². The summed E-state index contributed by atoms with van der Waals surface area (Å²) in [7, 11) is 0. The summed E-state index contributed by atoms with van der Waals surface area (Å²) in [6, 6.07) is 16.2. The molecule has 0 radical (unpaired) electrons. The fourth-order valence-electron chi connectivity index (χ4n) is 3.56. The van der Waals surface area contributed by atoms with Gasteiger partial charge in [-0.3, -0.25) is 4.79 Å². The van der Waals surface area contributed by atoms with E-state index in [1.165, 1.54) is 5.56 Å². The first-order valence-corrected chi connectivity index (χ1v) is 10.8. The first kappa shape index (κ1) is 22.8. The maximum absolute atomic E-state index is 12.3. The average Bonchev–Trinajstić information content (AvgIpc) is 2.97. The monoisotopic (exact) mass is 435 g/mol. The van der Waals surface area contributed by atoms with E-state index in [4.69, 9.17) is 11.6 Å². The van der Waals surface area contributed by atoms with Crippen molar-refractivity contribution < 1.29 is 4.79 Å². The number of aryl methyl sites for hydroxylation is 2. The standard InChI is InChI=1S/C26H30ClN3O/c1-17-7-12-23(15-24(17)27)30-18(2)13-21(19(30)3)16-28-29-25(31)14-20-8-10-22(11-9-20)26(4,5)6/h7-13,15-16H,14H2,1-6H3,(H,29,31)/b28-16-. The van der Waals surface area contributed by atoms with Gasteiger partial charge in [0.25, 0.3) is 0 Å². The highest BCUT2D eigenvalue weighted by atomic mass is 35.5. The number of amides is 1. The lowest BCUT2D eigenvalue weighted by atomic mass is 9.86. The molecule has 0 spiro atoms. The molecule has 0 saturated carbocycles. The predicted molar refractivity (Wildman–Crippen MR) is 130 cm³/mol. The number of hydrazone groups is 1. The molecule has 5 heteroatoms. The third-order valence-electron chi connectivity index (χ3n) is 5.46. The van der Waals surface area contributed by atoms with Crippen LogP contribution in [0.4, 0.5) is 0 Å². The van der Waals surface area contributed by atoms with Crippen molar-refractivity contribution in [3.8, 4) is 5.69 Å². The van der Waals surface area contributed by atoms with Gasteiger partial charge in [-0.15, -0.1) is 0 Å². The Balaban J connectivity index is 1.67. The van der Waals surface area contributed by atoms with Crippen LogP contribution in [0.25, 0.3) is 5.69 Å². The van der Waals surface area contributed by atoms with Gasteiger partial charge < -0.3 is 4.57 Å². The molecule has 4 nitrogen and oxygen atoms in total. The van der Waals surface area contributed by atoms with Crippen molar-refractivity contribution in [3.63, 3.8) is 0 Å². The molecule has 0 fully saturated rings. The van der Waals surface area contributed by atoms with Crippen molar-refractivity contribution in [2.24, 2.45) is 5.10 Å². The summed E-state index contributed by atoms with van der Waals surface area (Å²) in [6.07, 6.45) is 1.98. The SMILES string of the molecule is Cc1ccc(-n2c(C)cc(/C=N\NC(=O)Cc3ccc(C(C)(C)C)cc3)c2C)cc1Cl. The van der Waals surface area contributed by atoms with E-state index in [1.807, 2.05) is 51.1 Å². The quantitative estimate of drug-likeness (QED) is 0.385. The van der Waals surface area contributed by atoms with Crippen molar-refractivity contribution in [1.29, 1.82) is 0 Å². The van der Waals surface area contributed by atoms with E-state index in [2.05, 4.69) is 54.1 Å². The van der Waals surface area contributed by atoms with Crippen LogP contribution >= 0.6 is 11.6 Å². The highest BCUT2D eigenvalue weighted by Gasteiger charge is 2.13. The van der Waals surface area contributed by atoms with Crippen LogP contribution in [-0.2, 0) is 16.6 Å². The average molecular weight is 436 g/mol. The van der Waals surface area contributed by atoms with Gasteiger partial charge in [-0.2, -0.15) is 5.10 Å². The Morgan fingerprint density at radius 1 is 1.06 bits per heavy atom. The van der Waals surface area contributed by atoms with E-state index in [0.717, 1.165) is 38.8 Å². The van der Waals surface area contributed by atoms with Gasteiger partial charge in [0.2, 0.25) is 5.91 Å². The first-order valence-electron chi connectivity index (χ1n) is 10.4. The molecule has 0 bridgehead atoms. The molecule has 0 saturated heterocycles. The summed E-state index contributed by atoms with van der Waals surface area (Å²) in [5.41, 5.74) is 10.1.